The van der Waals surface area contributed by atoms with Gasteiger partial charge in [0.05, 0.1) is 0 Å². The first-order valence-electron chi connectivity index (χ1n) is 5.20. The third-order valence-corrected chi connectivity index (χ3v) is 2.78. The number of halogens is 1. The number of nitrogens with zero attached hydrogens (tertiary/aromatic N) is 1. The Morgan fingerprint density at radius 2 is 2.33 bits per heavy atom. The maximum atomic E-state index is 12.5. The van der Waals surface area contributed by atoms with Crippen LogP contribution < -0.4 is 5.56 Å². The molecule has 0 bridgehead atoms. The average Bonchev–Trinajstić information content (AvgIpc) is 2.16. The van der Waals surface area contributed by atoms with Gasteiger partial charge in [-0.3, -0.25) is 9.69 Å². The second-order valence-electron chi connectivity index (χ2n) is 4.13. The summed E-state index contributed by atoms with van der Waals surface area (Å²) in [4.78, 5) is 15.9. The SMILES string of the molecule is Cc1cc(CCN2CC(F)C2)c[nH]c1=O. The molecule has 0 aromatic carbocycles. The van der Waals surface area contributed by atoms with E-state index in [1.54, 1.807) is 13.1 Å². The van der Waals surface area contributed by atoms with E-state index >= 15 is 0 Å². The summed E-state index contributed by atoms with van der Waals surface area (Å²) in [6.45, 7) is 3.78. The van der Waals surface area contributed by atoms with Crippen molar-refractivity contribution in [3.63, 3.8) is 0 Å². The van der Waals surface area contributed by atoms with Crippen molar-refractivity contribution in [2.24, 2.45) is 0 Å². The number of H-pyrrole nitrogens is 1. The minimum Gasteiger partial charge on any atom is -0.329 e. The Morgan fingerprint density at radius 1 is 1.60 bits per heavy atom. The van der Waals surface area contributed by atoms with Crippen molar-refractivity contribution in [1.29, 1.82) is 0 Å². The summed E-state index contributed by atoms with van der Waals surface area (Å²) in [6.07, 6.45) is 1.97. The zero-order valence-corrected chi connectivity index (χ0v) is 8.79. The van der Waals surface area contributed by atoms with Crippen molar-refractivity contribution in [2.75, 3.05) is 19.6 Å². The Morgan fingerprint density at radius 3 is 2.93 bits per heavy atom. The molecule has 1 aromatic rings. The standard InChI is InChI=1S/C11H15FN2O/c1-8-4-9(5-13-11(8)15)2-3-14-6-10(12)7-14/h4-5,10H,2-3,6-7H2,1H3,(H,13,15). The van der Waals surface area contributed by atoms with E-state index in [-0.39, 0.29) is 5.56 Å². The van der Waals surface area contributed by atoms with Crippen molar-refractivity contribution in [1.82, 2.24) is 9.88 Å². The summed E-state index contributed by atoms with van der Waals surface area (Å²) in [7, 11) is 0. The lowest BCUT2D eigenvalue weighted by Gasteiger charge is -2.34. The Kier molecular flexibility index (Phi) is 2.86. The Labute approximate surface area is 87.9 Å². The highest BCUT2D eigenvalue weighted by Gasteiger charge is 2.25. The van der Waals surface area contributed by atoms with Crippen molar-refractivity contribution < 1.29 is 4.39 Å². The molecule has 1 aliphatic rings. The van der Waals surface area contributed by atoms with Gasteiger partial charge in [-0.05, 0) is 25.0 Å². The molecule has 0 radical (unpaired) electrons. The predicted molar refractivity (Wildman–Crippen MR) is 56.8 cm³/mol. The van der Waals surface area contributed by atoms with Crippen LogP contribution in [-0.2, 0) is 6.42 Å². The molecule has 0 amide bonds. The zero-order chi connectivity index (χ0) is 10.8. The highest BCUT2D eigenvalue weighted by Crippen LogP contribution is 2.11. The van der Waals surface area contributed by atoms with E-state index in [2.05, 4.69) is 9.88 Å². The van der Waals surface area contributed by atoms with E-state index in [0.29, 0.717) is 13.1 Å². The fourth-order valence-electron chi connectivity index (χ4n) is 1.78. The van der Waals surface area contributed by atoms with Gasteiger partial charge in [0.15, 0.2) is 0 Å². The number of nitrogens with one attached hydrogen (secondary N) is 1. The largest absolute Gasteiger partial charge is 0.329 e. The highest BCUT2D eigenvalue weighted by molar-refractivity contribution is 5.17. The lowest BCUT2D eigenvalue weighted by atomic mass is 10.1. The number of alkyl halides is 1. The smallest absolute Gasteiger partial charge is 0.250 e. The number of hydrogen-bond donors (Lipinski definition) is 1. The van der Waals surface area contributed by atoms with E-state index in [1.165, 1.54) is 0 Å². The van der Waals surface area contributed by atoms with Crippen LogP contribution >= 0.6 is 0 Å². The molecule has 4 heteroatoms. The number of aromatic amines is 1. The van der Waals surface area contributed by atoms with Crippen LogP contribution in [0.25, 0.3) is 0 Å². The van der Waals surface area contributed by atoms with Crippen molar-refractivity contribution in [2.45, 2.75) is 19.5 Å². The first kappa shape index (κ1) is 10.4. The van der Waals surface area contributed by atoms with E-state index < -0.39 is 6.17 Å². The van der Waals surface area contributed by atoms with Crippen LogP contribution in [0.15, 0.2) is 17.1 Å². The molecular formula is C11H15FN2O. The first-order valence-corrected chi connectivity index (χ1v) is 5.20. The van der Waals surface area contributed by atoms with Crippen LogP contribution in [0.1, 0.15) is 11.1 Å². The van der Waals surface area contributed by atoms with E-state index in [0.717, 1.165) is 24.1 Å². The highest BCUT2D eigenvalue weighted by atomic mass is 19.1. The summed E-state index contributed by atoms with van der Waals surface area (Å²) in [6, 6.07) is 1.89. The lowest BCUT2D eigenvalue weighted by Crippen LogP contribution is -2.48. The molecular weight excluding hydrogens is 195 g/mol. The summed E-state index contributed by atoms with van der Waals surface area (Å²) in [5.74, 6) is 0. The quantitative estimate of drug-likeness (QED) is 0.804. The summed E-state index contributed by atoms with van der Waals surface area (Å²) in [5, 5.41) is 0. The number of likely N-dealkylation sites (tertiary alicyclic amines) is 1. The van der Waals surface area contributed by atoms with Crippen LogP contribution in [0, 0.1) is 6.92 Å². The summed E-state index contributed by atoms with van der Waals surface area (Å²) >= 11 is 0. The summed E-state index contributed by atoms with van der Waals surface area (Å²) in [5.41, 5.74) is 1.81. The van der Waals surface area contributed by atoms with Gasteiger partial charge in [0.2, 0.25) is 0 Å². The Bertz CT molecular complexity index is 396. The molecule has 0 unspecified atom stereocenters. The molecule has 0 spiro atoms. The Hall–Kier alpha value is -1.16. The fourth-order valence-corrected chi connectivity index (χ4v) is 1.78. The van der Waals surface area contributed by atoms with Crippen molar-refractivity contribution >= 4 is 0 Å². The second kappa shape index (κ2) is 4.14. The molecule has 1 fully saturated rings. The van der Waals surface area contributed by atoms with Crippen LogP contribution in [0.5, 0.6) is 0 Å². The van der Waals surface area contributed by atoms with E-state index in [9.17, 15) is 9.18 Å². The molecule has 1 N–H and O–H groups in total. The lowest BCUT2D eigenvalue weighted by molar-refractivity contribution is 0.0670. The minimum absolute atomic E-state index is 0.0356. The molecule has 1 aromatic heterocycles. The van der Waals surface area contributed by atoms with Crippen LogP contribution in [-0.4, -0.2) is 35.7 Å². The molecule has 1 saturated heterocycles. The van der Waals surface area contributed by atoms with Gasteiger partial charge < -0.3 is 4.98 Å². The average molecular weight is 210 g/mol. The number of pyridine rings is 1. The van der Waals surface area contributed by atoms with Crippen molar-refractivity contribution in [3.8, 4) is 0 Å². The maximum absolute atomic E-state index is 12.5. The third kappa shape index (κ3) is 2.45. The zero-order valence-electron chi connectivity index (χ0n) is 8.79. The van der Waals surface area contributed by atoms with Gasteiger partial charge in [0.25, 0.3) is 5.56 Å². The van der Waals surface area contributed by atoms with Gasteiger partial charge in [0, 0.05) is 31.4 Å². The topological polar surface area (TPSA) is 36.1 Å². The van der Waals surface area contributed by atoms with Gasteiger partial charge in [-0.15, -0.1) is 0 Å². The number of aryl methyl sites for hydroxylation is 1. The minimum atomic E-state index is -0.637. The maximum Gasteiger partial charge on any atom is 0.250 e. The third-order valence-electron chi connectivity index (χ3n) is 2.78. The molecule has 0 aliphatic carbocycles. The van der Waals surface area contributed by atoms with Crippen LogP contribution in [0.3, 0.4) is 0 Å². The monoisotopic (exact) mass is 210 g/mol. The molecule has 3 nitrogen and oxygen atoms in total. The number of rotatable bonds is 3. The molecule has 15 heavy (non-hydrogen) atoms. The van der Waals surface area contributed by atoms with E-state index in [4.69, 9.17) is 0 Å². The van der Waals surface area contributed by atoms with Crippen LogP contribution in [0.2, 0.25) is 0 Å². The molecule has 82 valence electrons. The number of aromatic nitrogens is 1. The van der Waals surface area contributed by atoms with Gasteiger partial charge in [-0.1, -0.05) is 0 Å². The fraction of sp³-hybridized carbons (Fsp3) is 0.545. The van der Waals surface area contributed by atoms with Crippen LogP contribution in [0.4, 0.5) is 4.39 Å². The first-order chi connectivity index (χ1) is 7.15. The van der Waals surface area contributed by atoms with Gasteiger partial charge in [0.1, 0.15) is 6.17 Å². The van der Waals surface area contributed by atoms with Crippen molar-refractivity contribution in [3.05, 3.63) is 33.7 Å². The van der Waals surface area contributed by atoms with Gasteiger partial charge in [-0.2, -0.15) is 0 Å². The molecule has 2 rings (SSSR count). The summed E-state index contributed by atoms with van der Waals surface area (Å²) < 4.78 is 12.5. The van der Waals surface area contributed by atoms with Gasteiger partial charge >= 0.3 is 0 Å². The Balaban J connectivity index is 1.88. The van der Waals surface area contributed by atoms with E-state index in [1.807, 2.05) is 6.07 Å². The second-order valence-corrected chi connectivity index (χ2v) is 4.13. The molecule has 2 heterocycles. The molecule has 0 atom stereocenters. The number of hydrogen-bond acceptors (Lipinski definition) is 2. The van der Waals surface area contributed by atoms with Gasteiger partial charge in [-0.25, -0.2) is 4.39 Å². The predicted octanol–water partition coefficient (Wildman–Crippen LogP) is 0.880. The normalized spacial score (nSPS) is 17.7. The molecule has 0 saturated carbocycles. The molecule has 1 aliphatic heterocycles.